The number of rotatable bonds is 9. The highest BCUT2D eigenvalue weighted by Crippen LogP contribution is 2.16. The van der Waals surface area contributed by atoms with Crippen molar-refractivity contribution >= 4 is 5.96 Å². The van der Waals surface area contributed by atoms with Gasteiger partial charge in [-0.3, -0.25) is 5.10 Å². The molecular formula is C18H30N6O. The summed E-state index contributed by atoms with van der Waals surface area (Å²) < 4.78 is 5.41. The first-order valence-electron chi connectivity index (χ1n) is 9.16. The third-order valence-electron chi connectivity index (χ3n) is 4.20. The molecule has 0 amide bonds. The lowest BCUT2D eigenvalue weighted by molar-refractivity contribution is 0.380. The molecule has 2 aromatic rings. The van der Waals surface area contributed by atoms with Crippen LogP contribution in [0.5, 0.6) is 0 Å². The van der Waals surface area contributed by atoms with Gasteiger partial charge in [0.1, 0.15) is 5.76 Å². The van der Waals surface area contributed by atoms with Gasteiger partial charge in [-0.1, -0.05) is 19.0 Å². The second-order valence-electron chi connectivity index (χ2n) is 5.98. The van der Waals surface area contributed by atoms with Crippen LogP contribution in [0.1, 0.15) is 55.5 Å². The minimum atomic E-state index is 0.589. The van der Waals surface area contributed by atoms with E-state index >= 15 is 0 Å². The van der Waals surface area contributed by atoms with Gasteiger partial charge in [0.05, 0.1) is 18.4 Å². The van der Waals surface area contributed by atoms with Crippen molar-refractivity contribution in [2.24, 2.45) is 4.99 Å². The molecule has 0 aliphatic carbocycles. The predicted octanol–water partition coefficient (Wildman–Crippen LogP) is 2.52. The van der Waals surface area contributed by atoms with E-state index in [0.717, 1.165) is 67.4 Å². The van der Waals surface area contributed by atoms with Crippen LogP contribution < -0.4 is 10.6 Å². The standard InChI is InChI=1S/C18H30N6O/c1-5-16-15(17(6-2)25-24-16)12-21-18(19-7-3)20-10-8-9-14-11-22-23-13(14)4/h11H,5-10,12H2,1-4H3,(H,22,23)(H2,19,20,21). The van der Waals surface area contributed by atoms with Gasteiger partial charge < -0.3 is 15.2 Å². The summed E-state index contributed by atoms with van der Waals surface area (Å²) in [6.07, 6.45) is 5.63. The second kappa shape index (κ2) is 9.86. The SMILES string of the molecule is CCNC(=NCc1c(CC)noc1CC)NCCCc1cn[nH]c1C. The van der Waals surface area contributed by atoms with Crippen molar-refractivity contribution in [3.8, 4) is 0 Å². The summed E-state index contributed by atoms with van der Waals surface area (Å²) in [7, 11) is 0. The fourth-order valence-electron chi connectivity index (χ4n) is 2.73. The van der Waals surface area contributed by atoms with E-state index in [9.17, 15) is 0 Å². The summed E-state index contributed by atoms with van der Waals surface area (Å²) >= 11 is 0. The maximum Gasteiger partial charge on any atom is 0.191 e. The average Bonchev–Trinajstić information content (AvgIpc) is 3.21. The zero-order valence-corrected chi connectivity index (χ0v) is 15.8. The molecule has 0 saturated heterocycles. The highest BCUT2D eigenvalue weighted by Gasteiger charge is 2.13. The van der Waals surface area contributed by atoms with E-state index in [1.165, 1.54) is 5.56 Å². The molecular weight excluding hydrogens is 316 g/mol. The third-order valence-corrected chi connectivity index (χ3v) is 4.20. The fourth-order valence-corrected chi connectivity index (χ4v) is 2.73. The first-order valence-corrected chi connectivity index (χ1v) is 9.16. The normalized spacial score (nSPS) is 11.8. The molecule has 0 atom stereocenters. The van der Waals surface area contributed by atoms with Crippen LogP contribution >= 0.6 is 0 Å². The Labute approximate surface area is 149 Å². The van der Waals surface area contributed by atoms with E-state index in [-0.39, 0.29) is 0 Å². The highest BCUT2D eigenvalue weighted by molar-refractivity contribution is 5.79. The van der Waals surface area contributed by atoms with Crippen LogP contribution in [-0.2, 0) is 25.8 Å². The minimum absolute atomic E-state index is 0.589. The number of hydrogen-bond acceptors (Lipinski definition) is 4. The molecule has 0 aromatic carbocycles. The fraction of sp³-hybridized carbons (Fsp3) is 0.611. The quantitative estimate of drug-likeness (QED) is 0.369. The van der Waals surface area contributed by atoms with E-state index in [1.807, 2.05) is 6.20 Å². The Morgan fingerprint density at radius 2 is 2.08 bits per heavy atom. The molecule has 0 unspecified atom stereocenters. The smallest absolute Gasteiger partial charge is 0.191 e. The Morgan fingerprint density at radius 3 is 2.72 bits per heavy atom. The van der Waals surface area contributed by atoms with Crippen molar-refractivity contribution in [3.05, 3.63) is 34.5 Å². The number of aromatic nitrogens is 3. The van der Waals surface area contributed by atoms with E-state index < -0.39 is 0 Å². The number of aryl methyl sites for hydroxylation is 4. The van der Waals surface area contributed by atoms with Crippen LogP contribution in [0, 0.1) is 6.92 Å². The third kappa shape index (κ3) is 5.34. The minimum Gasteiger partial charge on any atom is -0.361 e. The number of hydrogen-bond donors (Lipinski definition) is 3. The van der Waals surface area contributed by atoms with E-state index in [0.29, 0.717) is 6.54 Å². The number of guanidine groups is 1. The Kier molecular flexibility index (Phi) is 7.50. The van der Waals surface area contributed by atoms with Crippen LogP contribution in [0.25, 0.3) is 0 Å². The number of aliphatic imine (C=N–C) groups is 1. The summed E-state index contributed by atoms with van der Waals surface area (Å²) in [6, 6.07) is 0. The van der Waals surface area contributed by atoms with Crippen molar-refractivity contribution < 1.29 is 4.52 Å². The average molecular weight is 346 g/mol. The summed E-state index contributed by atoms with van der Waals surface area (Å²) in [4.78, 5) is 4.70. The van der Waals surface area contributed by atoms with Gasteiger partial charge in [-0.2, -0.15) is 5.10 Å². The molecule has 0 fully saturated rings. The van der Waals surface area contributed by atoms with Crippen LogP contribution in [0.4, 0.5) is 0 Å². The van der Waals surface area contributed by atoms with E-state index in [2.05, 4.69) is 53.7 Å². The lowest BCUT2D eigenvalue weighted by Crippen LogP contribution is -2.37. The number of nitrogens with zero attached hydrogens (tertiary/aromatic N) is 3. The van der Waals surface area contributed by atoms with Crippen LogP contribution in [0.3, 0.4) is 0 Å². The first-order chi connectivity index (χ1) is 12.2. The van der Waals surface area contributed by atoms with Gasteiger partial charge in [0.2, 0.25) is 0 Å². The molecule has 0 spiro atoms. The van der Waals surface area contributed by atoms with E-state index in [1.54, 1.807) is 0 Å². The van der Waals surface area contributed by atoms with Gasteiger partial charge in [-0.15, -0.1) is 0 Å². The number of H-pyrrole nitrogens is 1. The van der Waals surface area contributed by atoms with Crippen molar-refractivity contribution in [3.63, 3.8) is 0 Å². The van der Waals surface area contributed by atoms with Crippen molar-refractivity contribution in [2.45, 2.75) is 59.9 Å². The molecule has 0 aliphatic rings. The molecule has 2 heterocycles. The van der Waals surface area contributed by atoms with Crippen molar-refractivity contribution in [1.29, 1.82) is 0 Å². The summed E-state index contributed by atoms with van der Waals surface area (Å²) in [5.74, 6) is 1.77. The molecule has 2 rings (SSSR count). The van der Waals surface area contributed by atoms with Gasteiger partial charge in [0.25, 0.3) is 0 Å². The topological polar surface area (TPSA) is 91.1 Å². The molecule has 0 saturated carbocycles. The lowest BCUT2D eigenvalue weighted by atomic mass is 10.1. The molecule has 7 heteroatoms. The largest absolute Gasteiger partial charge is 0.361 e. The Bertz CT molecular complexity index is 651. The van der Waals surface area contributed by atoms with Gasteiger partial charge in [-0.25, -0.2) is 4.99 Å². The van der Waals surface area contributed by atoms with Gasteiger partial charge >= 0.3 is 0 Å². The molecule has 2 aromatic heterocycles. The molecule has 25 heavy (non-hydrogen) atoms. The molecule has 0 aliphatic heterocycles. The van der Waals surface area contributed by atoms with Gasteiger partial charge in [0, 0.05) is 30.8 Å². The first kappa shape index (κ1) is 19.0. The van der Waals surface area contributed by atoms with Crippen LogP contribution in [0.2, 0.25) is 0 Å². The maximum absolute atomic E-state index is 5.41. The highest BCUT2D eigenvalue weighted by atomic mass is 16.5. The Morgan fingerprint density at radius 1 is 1.24 bits per heavy atom. The number of nitrogens with one attached hydrogen (secondary N) is 3. The molecule has 7 nitrogen and oxygen atoms in total. The zero-order chi connectivity index (χ0) is 18.1. The lowest BCUT2D eigenvalue weighted by Gasteiger charge is -2.11. The summed E-state index contributed by atoms with van der Waals surface area (Å²) in [5.41, 5.74) is 4.55. The van der Waals surface area contributed by atoms with Crippen LogP contribution in [-0.4, -0.2) is 34.4 Å². The van der Waals surface area contributed by atoms with E-state index in [4.69, 9.17) is 9.52 Å². The van der Waals surface area contributed by atoms with Crippen molar-refractivity contribution in [2.75, 3.05) is 13.1 Å². The molecule has 0 bridgehead atoms. The molecule has 0 radical (unpaired) electrons. The van der Waals surface area contributed by atoms with Crippen LogP contribution in [0.15, 0.2) is 15.7 Å². The van der Waals surface area contributed by atoms with Crippen molar-refractivity contribution in [1.82, 2.24) is 26.0 Å². The summed E-state index contributed by atoms with van der Waals surface area (Å²) in [6.45, 7) is 10.6. The Hall–Kier alpha value is -2.31. The molecule has 138 valence electrons. The van der Waals surface area contributed by atoms with Gasteiger partial charge in [-0.05, 0) is 38.7 Å². The second-order valence-corrected chi connectivity index (χ2v) is 5.98. The predicted molar refractivity (Wildman–Crippen MR) is 99.7 cm³/mol. The number of aromatic amines is 1. The molecule has 3 N–H and O–H groups in total. The zero-order valence-electron chi connectivity index (χ0n) is 15.8. The monoisotopic (exact) mass is 346 g/mol. The Balaban J connectivity index is 1.90. The van der Waals surface area contributed by atoms with Gasteiger partial charge in [0.15, 0.2) is 5.96 Å². The maximum atomic E-state index is 5.41. The summed E-state index contributed by atoms with van der Waals surface area (Å²) in [5, 5.41) is 17.9.